The Balaban J connectivity index is 2.13. The van der Waals surface area contributed by atoms with Crippen molar-refractivity contribution in [1.29, 1.82) is 0 Å². The highest BCUT2D eigenvalue weighted by molar-refractivity contribution is 6.31. The van der Waals surface area contributed by atoms with Crippen LogP contribution in [-0.2, 0) is 9.59 Å². The van der Waals surface area contributed by atoms with E-state index in [1.165, 1.54) is 0 Å². The Morgan fingerprint density at radius 2 is 1.50 bits per heavy atom. The van der Waals surface area contributed by atoms with Crippen molar-refractivity contribution in [2.45, 2.75) is 19.8 Å². The number of hydrogen-bond donors (Lipinski definition) is 2. The first kappa shape index (κ1) is 14.7. The molecule has 2 aliphatic heterocycles. The van der Waals surface area contributed by atoms with Crippen LogP contribution in [0.1, 0.15) is 25.3 Å². The van der Waals surface area contributed by atoms with Crippen molar-refractivity contribution in [2.75, 3.05) is 0 Å². The zero-order chi connectivity index (χ0) is 15.9. The zero-order valence-electron chi connectivity index (χ0n) is 12.1. The fraction of sp³-hybridized carbons (Fsp3) is 0.333. The third kappa shape index (κ3) is 2.29. The molecular weight excluding hydrogens is 304 g/mol. The minimum atomic E-state index is -0.543. The molecule has 2 heterocycles. The smallest absolute Gasteiger partial charge is 0.249 e. The molecule has 0 fully saturated rings. The molecule has 22 heavy (non-hydrogen) atoms. The average molecular weight is 319 g/mol. The van der Waals surface area contributed by atoms with Gasteiger partial charge in [-0.15, -0.1) is 0 Å². The molecule has 1 unspecified atom stereocenters. The van der Waals surface area contributed by atoms with Gasteiger partial charge in [-0.1, -0.05) is 29.8 Å². The van der Waals surface area contributed by atoms with Gasteiger partial charge in [-0.2, -0.15) is 10.2 Å². The Kier molecular flexibility index (Phi) is 3.70. The van der Waals surface area contributed by atoms with Gasteiger partial charge in [0.05, 0.1) is 11.8 Å². The summed E-state index contributed by atoms with van der Waals surface area (Å²) in [5.41, 5.74) is 6.98. The van der Waals surface area contributed by atoms with E-state index in [-0.39, 0.29) is 11.8 Å². The van der Waals surface area contributed by atoms with Gasteiger partial charge in [0.15, 0.2) is 0 Å². The molecule has 2 N–H and O–H groups in total. The third-order valence-electron chi connectivity index (χ3n) is 4.13. The highest BCUT2D eigenvalue weighted by atomic mass is 35.5. The van der Waals surface area contributed by atoms with Crippen molar-refractivity contribution >= 4 is 34.8 Å². The second kappa shape index (κ2) is 5.53. The molecule has 0 saturated carbocycles. The Labute approximate surface area is 132 Å². The number of halogens is 1. The summed E-state index contributed by atoms with van der Waals surface area (Å²) < 4.78 is 0. The number of carbonyl (C=O) groups is 2. The van der Waals surface area contributed by atoms with E-state index in [4.69, 9.17) is 11.6 Å². The SMILES string of the molecule is CC1=NNC(=O)[C@H]1C(c1ccccc1Cl)[C@H]1C(=O)NN=C1C. The molecule has 0 aliphatic carbocycles. The van der Waals surface area contributed by atoms with Crippen molar-refractivity contribution in [3.05, 3.63) is 34.9 Å². The predicted octanol–water partition coefficient (Wildman–Crippen LogP) is 1.67. The lowest BCUT2D eigenvalue weighted by Gasteiger charge is -2.27. The Morgan fingerprint density at radius 3 is 1.91 bits per heavy atom. The quantitative estimate of drug-likeness (QED) is 0.888. The molecular formula is C15H15ClN4O2. The van der Waals surface area contributed by atoms with Crippen LogP contribution >= 0.6 is 11.6 Å². The monoisotopic (exact) mass is 318 g/mol. The van der Waals surface area contributed by atoms with Crippen LogP contribution in [0.25, 0.3) is 0 Å². The van der Waals surface area contributed by atoms with E-state index in [9.17, 15) is 9.59 Å². The van der Waals surface area contributed by atoms with Gasteiger partial charge >= 0.3 is 0 Å². The topological polar surface area (TPSA) is 82.9 Å². The van der Waals surface area contributed by atoms with Gasteiger partial charge in [0.1, 0.15) is 0 Å². The Bertz CT molecular complexity index is 675. The minimum absolute atomic E-state index is 0.227. The molecule has 2 amide bonds. The van der Waals surface area contributed by atoms with Crippen molar-refractivity contribution in [3.8, 4) is 0 Å². The summed E-state index contributed by atoms with van der Waals surface area (Å²) >= 11 is 6.32. The Morgan fingerprint density at radius 1 is 1.00 bits per heavy atom. The molecule has 2 aliphatic rings. The van der Waals surface area contributed by atoms with E-state index in [0.717, 1.165) is 5.56 Å². The largest absolute Gasteiger partial charge is 0.272 e. The highest BCUT2D eigenvalue weighted by Crippen LogP contribution is 2.40. The first-order valence-corrected chi connectivity index (χ1v) is 7.31. The van der Waals surface area contributed by atoms with Gasteiger partial charge in [-0.25, -0.2) is 10.9 Å². The number of hydrogen-bond acceptors (Lipinski definition) is 4. The number of nitrogens with one attached hydrogen (secondary N) is 2. The van der Waals surface area contributed by atoms with Crippen LogP contribution in [0.5, 0.6) is 0 Å². The second-order valence-electron chi connectivity index (χ2n) is 5.46. The summed E-state index contributed by atoms with van der Waals surface area (Å²) in [6.45, 7) is 3.54. The molecule has 1 aromatic carbocycles. The van der Waals surface area contributed by atoms with Gasteiger partial charge < -0.3 is 0 Å². The van der Waals surface area contributed by atoms with Gasteiger partial charge in [0, 0.05) is 22.4 Å². The maximum Gasteiger partial charge on any atom is 0.249 e. The summed E-state index contributed by atoms with van der Waals surface area (Å²) in [7, 11) is 0. The third-order valence-corrected chi connectivity index (χ3v) is 4.48. The normalized spacial score (nSPS) is 25.4. The highest BCUT2D eigenvalue weighted by Gasteiger charge is 2.46. The summed E-state index contributed by atoms with van der Waals surface area (Å²) in [6, 6.07) is 7.24. The maximum atomic E-state index is 12.2. The van der Waals surface area contributed by atoms with Crippen LogP contribution in [0.4, 0.5) is 0 Å². The molecule has 0 bridgehead atoms. The standard InChI is InChI=1S/C15H15ClN4O2/c1-7-11(14(21)19-17-7)13(9-5-3-4-6-10(9)16)12-8(2)18-20-15(12)22/h3-6,11-13H,1-2H3,(H,19,21)(H,20,22)/t11-,12+,13?. The molecule has 1 aromatic rings. The van der Waals surface area contributed by atoms with E-state index < -0.39 is 17.8 Å². The summed E-state index contributed by atoms with van der Waals surface area (Å²) in [5, 5.41) is 8.52. The van der Waals surface area contributed by atoms with Gasteiger partial charge in [0.25, 0.3) is 0 Å². The molecule has 0 spiro atoms. The lowest BCUT2D eigenvalue weighted by Crippen LogP contribution is -2.38. The van der Waals surface area contributed by atoms with Crippen molar-refractivity contribution < 1.29 is 9.59 Å². The van der Waals surface area contributed by atoms with Crippen LogP contribution in [0, 0.1) is 11.8 Å². The summed E-state index contributed by atoms with van der Waals surface area (Å²) in [6.07, 6.45) is 0. The van der Waals surface area contributed by atoms with Gasteiger partial charge in [-0.05, 0) is 25.5 Å². The van der Waals surface area contributed by atoms with Gasteiger partial charge in [0.2, 0.25) is 11.8 Å². The lowest BCUT2D eigenvalue weighted by molar-refractivity contribution is -0.124. The van der Waals surface area contributed by atoms with Crippen molar-refractivity contribution in [2.24, 2.45) is 22.0 Å². The molecule has 0 radical (unpaired) electrons. The van der Waals surface area contributed by atoms with Crippen molar-refractivity contribution in [3.63, 3.8) is 0 Å². The molecule has 3 rings (SSSR count). The number of rotatable bonds is 3. The van der Waals surface area contributed by atoms with E-state index in [1.54, 1.807) is 19.9 Å². The van der Waals surface area contributed by atoms with E-state index >= 15 is 0 Å². The number of amides is 2. The van der Waals surface area contributed by atoms with E-state index in [1.807, 2.05) is 18.2 Å². The lowest BCUT2D eigenvalue weighted by atomic mass is 9.73. The first-order chi connectivity index (χ1) is 10.5. The molecule has 0 saturated heterocycles. The summed E-state index contributed by atoms with van der Waals surface area (Å²) in [4.78, 5) is 24.5. The van der Waals surface area contributed by atoms with Crippen LogP contribution in [0.3, 0.4) is 0 Å². The van der Waals surface area contributed by atoms with Crippen LogP contribution in [0.15, 0.2) is 34.5 Å². The fourth-order valence-electron chi connectivity index (χ4n) is 3.09. The average Bonchev–Trinajstić information content (AvgIpc) is 2.99. The Hall–Kier alpha value is -2.21. The maximum absolute atomic E-state index is 12.2. The first-order valence-electron chi connectivity index (χ1n) is 6.93. The van der Waals surface area contributed by atoms with E-state index in [2.05, 4.69) is 21.1 Å². The van der Waals surface area contributed by atoms with Crippen molar-refractivity contribution in [1.82, 2.24) is 10.9 Å². The molecule has 3 atom stereocenters. The number of nitrogens with zero attached hydrogens (tertiary/aromatic N) is 2. The number of carbonyl (C=O) groups excluding carboxylic acids is 2. The molecule has 7 heteroatoms. The molecule has 6 nitrogen and oxygen atoms in total. The van der Waals surface area contributed by atoms with Crippen LogP contribution in [0.2, 0.25) is 5.02 Å². The second-order valence-corrected chi connectivity index (χ2v) is 5.87. The van der Waals surface area contributed by atoms with Crippen LogP contribution in [-0.4, -0.2) is 23.2 Å². The number of hydrazone groups is 2. The fourth-order valence-corrected chi connectivity index (χ4v) is 3.35. The van der Waals surface area contributed by atoms with Crippen LogP contribution < -0.4 is 10.9 Å². The van der Waals surface area contributed by atoms with Gasteiger partial charge in [-0.3, -0.25) is 9.59 Å². The number of benzene rings is 1. The zero-order valence-corrected chi connectivity index (χ0v) is 12.9. The van der Waals surface area contributed by atoms with E-state index in [0.29, 0.717) is 16.4 Å². The molecule has 114 valence electrons. The predicted molar refractivity (Wildman–Crippen MR) is 83.7 cm³/mol. The molecule has 0 aromatic heterocycles. The summed E-state index contributed by atoms with van der Waals surface area (Å²) in [5.74, 6) is -1.98. The minimum Gasteiger partial charge on any atom is -0.272 e.